The highest BCUT2D eigenvalue weighted by molar-refractivity contribution is 8.00. The number of carbonyl (C=O) groups is 1. The Balaban J connectivity index is 2.02. The largest absolute Gasteiger partial charge is 0.308 e. The van der Waals surface area contributed by atoms with Gasteiger partial charge in [0, 0.05) is 17.1 Å². The maximum Gasteiger partial charge on any atom is 0.237 e. The lowest BCUT2D eigenvalue weighted by molar-refractivity contribution is -0.116. The number of amides is 1. The third-order valence-electron chi connectivity index (χ3n) is 2.79. The second-order valence-electron chi connectivity index (χ2n) is 4.23. The van der Waals surface area contributed by atoms with Crippen molar-refractivity contribution < 1.29 is 4.79 Å². The first-order valence-corrected chi connectivity index (χ1v) is 7.44. The first-order valence-electron chi connectivity index (χ1n) is 6.45. The predicted molar refractivity (Wildman–Crippen MR) is 86.2 cm³/mol. The zero-order valence-corrected chi connectivity index (χ0v) is 12.1. The van der Waals surface area contributed by atoms with E-state index < -0.39 is 0 Å². The zero-order chi connectivity index (χ0) is 14.2. The van der Waals surface area contributed by atoms with E-state index in [1.807, 2.05) is 60.7 Å². The highest BCUT2D eigenvalue weighted by Gasteiger charge is 2.14. The van der Waals surface area contributed by atoms with E-state index >= 15 is 0 Å². The molecule has 0 atom stereocenters. The zero-order valence-electron chi connectivity index (χ0n) is 11.2. The summed E-state index contributed by atoms with van der Waals surface area (Å²) in [6, 6.07) is 19.6. The van der Waals surface area contributed by atoms with Gasteiger partial charge >= 0.3 is 0 Å². The molecule has 0 unspecified atom stereocenters. The van der Waals surface area contributed by atoms with Crippen LogP contribution in [0.15, 0.2) is 78.2 Å². The molecule has 0 aliphatic rings. The topological polar surface area (TPSA) is 20.3 Å². The summed E-state index contributed by atoms with van der Waals surface area (Å²) in [5.41, 5.74) is 0.908. The number of carbonyl (C=O) groups excluding carboxylic acids is 1. The summed E-state index contributed by atoms with van der Waals surface area (Å²) in [5, 5.41) is 0. The molecule has 0 aliphatic carbocycles. The van der Waals surface area contributed by atoms with Crippen molar-refractivity contribution in [3.8, 4) is 0 Å². The summed E-state index contributed by atoms with van der Waals surface area (Å²) in [6.45, 7) is 4.25. The minimum absolute atomic E-state index is 0.0879. The molecule has 2 aromatic rings. The van der Waals surface area contributed by atoms with Crippen LogP contribution in [-0.4, -0.2) is 18.2 Å². The smallest absolute Gasteiger partial charge is 0.237 e. The molecule has 0 N–H and O–H groups in total. The van der Waals surface area contributed by atoms with Crippen molar-refractivity contribution in [2.24, 2.45) is 0 Å². The highest BCUT2D eigenvalue weighted by atomic mass is 32.2. The number of hydrogen-bond donors (Lipinski definition) is 0. The van der Waals surface area contributed by atoms with E-state index in [0.29, 0.717) is 12.3 Å². The average Bonchev–Trinajstić information content (AvgIpc) is 2.52. The van der Waals surface area contributed by atoms with Crippen LogP contribution in [0.5, 0.6) is 0 Å². The minimum Gasteiger partial charge on any atom is -0.308 e. The number of thioether (sulfide) groups is 1. The molecule has 0 aromatic heterocycles. The lowest BCUT2D eigenvalue weighted by atomic mass is 10.3. The van der Waals surface area contributed by atoms with E-state index in [9.17, 15) is 4.79 Å². The molecule has 0 spiro atoms. The summed E-state index contributed by atoms with van der Waals surface area (Å²) in [5.74, 6) is 0.511. The molecule has 2 aromatic carbocycles. The Hall–Kier alpha value is -2.00. The molecule has 0 saturated carbocycles. The van der Waals surface area contributed by atoms with Crippen molar-refractivity contribution >= 4 is 23.4 Å². The second-order valence-corrected chi connectivity index (χ2v) is 5.28. The van der Waals surface area contributed by atoms with Gasteiger partial charge in [0.05, 0.1) is 5.75 Å². The van der Waals surface area contributed by atoms with E-state index in [-0.39, 0.29) is 5.91 Å². The van der Waals surface area contributed by atoms with Crippen LogP contribution < -0.4 is 4.90 Å². The quantitative estimate of drug-likeness (QED) is 0.590. The van der Waals surface area contributed by atoms with Crippen molar-refractivity contribution in [3.05, 3.63) is 73.3 Å². The number of para-hydroxylation sites is 1. The van der Waals surface area contributed by atoms with Crippen molar-refractivity contribution in [1.82, 2.24) is 0 Å². The molecule has 0 bridgehead atoms. The van der Waals surface area contributed by atoms with E-state index in [1.165, 1.54) is 0 Å². The first kappa shape index (κ1) is 14.4. The summed E-state index contributed by atoms with van der Waals surface area (Å²) in [7, 11) is 0. The van der Waals surface area contributed by atoms with Gasteiger partial charge < -0.3 is 4.90 Å². The van der Waals surface area contributed by atoms with Crippen LogP contribution in [0.3, 0.4) is 0 Å². The molecule has 0 aliphatic heterocycles. The fraction of sp³-hybridized carbons (Fsp3) is 0.118. The molecule has 102 valence electrons. The van der Waals surface area contributed by atoms with Crippen LogP contribution >= 0.6 is 11.8 Å². The van der Waals surface area contributed by atoms with Crippen LogP contribution in [0.4, 0.5) is 5.69 Å². The van der Waals surface area contributed by atoms with Crippen molar-refractivity contribution in [2.45, 2.75) is 4.90 Å². The van der Waals surface area contributed by atoms with Gasteiger partial charge in [0.1, 0.15) is 0 Å². The number of anilines is 1. The maximum absolute atomic E-state index is 12.4. The molecular formula is C17H17NOS. The van der Waals surface area contributed by atoms with Gasteiger partial charge in [-0.25, -0.2) is 0 Å². The molecule has 0 heterocycles. The van der Waals surface area contributed by atoms with E-state index in [1.54, 1.807) is 22.7 Å². The maximum atomic E-state index is 12.4. The molecule has 20 heavy (non-hydrogen) atoms. The van der Waals surface area contributed by atoms with E-state index in [4.69, 9.17) is 0 Å². The number of benzene rings is 2. The summed E-state index contributed by atoms with van der Waals surface area (Å²) < 4.78 is 0. The molecular weight excluding hydrogens is 266 g/mol. The van der Waals surface area contributed by atoms with Gasteiger partial charge in [0.25, 0.3) is 0 Å². The third kappa shape index (κ3) is 4.00. The predicted octanol–water partition coefficient (Wildman–Crippen LogP) is 4.00. The van der Waals surface area contributed by atoms with Crippen LogP contribution in [-0.2, 0) is 4.79 Å². The van der Waals surface area contributed by atoms with Gasteiger partial charge in [-0.2, -0.15) is 0 Å². The Morgan fingerprint density at radius 1 is 1.05 bits per heavy atom. The van der Waals surface area contributed by atoms with Gasteiger partial charge in [0.2, 0.25) is 5.91 Å². The monoisotopic (exact) mass is 283 g/mol. The first-order chi connectivity index (χ1) is 9.81. The third-order valence-corrected chi connectivity index (χ3v) is 3.78. The second kappa shape index (κ2) is 7.56. The van der Waals surface area contributed by atoms with Crippen LogP contribution in [0.1, 0.15) is 0 Å². The molecule has 0 fully saturated rings. The lowest BCUT2D eigenvalue weighted by Gasteiger charge is -2.21. The molecule has 2 rings (SSSR count). The number of rotatable bonds is 6. The van der Waals surface area contributed by atoms with Gasteiger partial charge in [-0.1, -0.05) is 42.5 Å². The highest BCUT2D eigenvalue weighted by Crippen LogP contribution is 2.20. The van der Waals surface area contributed by atoms with Crippen LogP contribution in [0.25, 0.3) is 0 Å². The number of hydrogen-bond acceptors (Lipinski definition) is 2. The standard InChI is InChI=1S/C17H17NOS/c1-2-13-18(15-9-5-3-6-10-15)17(19)14-20-16-11-7-4-8-12-16/h2-12H,1,13-14H2. The number of nitrogens with zero attached hydrogens (tertiary/aromatic N) is 1. The Labute approximate surface area is 124 Å². The Bertz CT molecular complexity index is 554. The van der Waals surface area contributed by atoms with E-state index in [0.717, 1.165) is 10.6 Å². The normalized spacial score (nSPS) is 10.0. The van der Waals surface area contributed by atoms with Crippen molar-refractivity contribution in [1.29, 1.82) is 0 Å². The minimum atomic E-state index is 0.0879. The summed E-state index contributed by atoms with van der Waals surface area (Å²) in [4.78, 5) is 15.2. The van der Waals surface area contributed by atoms with Gasteiger partial charge in [-0.05, 0) is 24.3 Å². The molecule has 2 nitrogen and oxygen atoms in total. The van der Waals surface area contributed by atoms with Crippen LogP contribution in [0, 0.1) is 0 Å². The molecule has 1 amide bonds. The molecule has 3 heteroatoms. The lowest BCUT2D eigenvalue weighted by Crippen LogP contribution is -2.32. The summed E-state index contributed by atoms with van der Waals surface area (Å²) in [6.07, 6.45) is 1.75. The average molecular weight is 283 g/mol. The van der Waals surface area contributed by atoms with Crippen molar-refractivity contribution in [3.63, 3.8) is 0 Å². The van der Waals surface area contributed by atoms with Crippen LogP contribution in [0.2, 0.25) is 0 Å². The Morgan fingerprint density at radius 3 is 2.25 bits per heavy atom. The van der Waals surface area contributed by atoms with Gasteiger partial charge in [-0.15, -0.1) is 18.3 Å². The van der Waals surface area contributed by atoms with Gasteiger partial charge in [-0.3, -0.25) is 4.79 Å². The van der Waals surface area contributed by atoms with Crippen molar-refractivity contribution in [2.75, 3.05) is 17.2 Å². The van der Waals surface area contributed by atoms with E-state index in [2.05, 4.69) is 6.58 Å². The summed E-state index contributed by atoms with van der Waals surface area (Å²) >= 11 is 1.55. The fourth-order valence-electron chi connectivity index (χ4n) is 1.83. The fourth-order valence-corrected chi connectivity index (χ4v) is 2.62. The Kier molecular flexibility index (Phi) is 5.44. The van der Waals surface area contributed by atoms with Gasteiger partial charge in [0.15, 0.2) is 0 Å². The SMILES string of the molecule is C=CCN(C(=O)CSc1ccccc1)c1ccccc1. The molecule has 0 radical (unpaired) electrons. The Morgan fingerprint density at radius 2 is 1.65 bits per heavy atom. The molecule has 0 saturated heterocycles.